The van der Waals surface area contributed by atoms with E-state index in [9.17, 15) is 0 Å². The van der Waals surface area contributed by atoms with Gasteiger partial charge >= 0.3 is 0 Å². The summed E-state index contributed by atoms with van der Waals surface area (Å²) < 4.78 is 0. The number of fused-ring (bicyclic) bond motifs is 1. The van der Waals surface area contributed by atoms with Crippen LogP contribution in [0.1, 0.15) is 26.2 Å². The molecule has 2 fully saturated rings. The Morgan fingerprint density at radius 1 is 1.15 bits per heavy atom. The summed E-state index contributed by atoms with van der Waals surface area (Å²) in [5, 5.41) is 0. The molecule has 0 saturated carbocycles. The molecular weight excluding hydrogens is 160 g/mol. The Kier molecular flexibility index (Phi) is 2.61. The Balaban J connectivity index is 2.03. The van der Waals surface area contributed by atoms with E-state index in [4.69, 9.17) is 0 Å². The van der Waals surface area contributed by atoms with Crippen molar-refractivity contribution >= 4 is 0 Å². The Labute approximate surface area is 81.9 Å². The first kappa shape index (κ1) is 9.47. The van der Waals surface area contributed by atoms with Crippen LogP contribution in [0.25, 0.3) is 0 Å². The lowest BCUT2D eigenvalue weighted by Crippen LogP contribution is -2.48. The average Bonchev–Trinajstić information content (AvgIpc) is 2.47. The second-order valence-corrected chi connectivity index (χ2v) is 4.85. The highest BCUT2D eigenvalue weighted by atomic mass is 15.3. The van der Waals surface area contributed by atoms with Gasteiger partial charge in [-0.1, -0.05) is 6.92 Å². The van der Waals surface area contributed by atoms with Gasteiger partial charge in [-0.15, -0.1) is 0 Å². The largest absolute Gasteiger partial charge is 0.304 e. The number of likely N-dealkylation sites (tertiary alicyclic amines) is 2. The highest BCUT2D eigenvalue weighted by molar-refractivity contribution is 4.94. The van der Waals surface area contributed by atoms with Gasteiger partial charge in [-0.05, 0) is 39.3 Å². The summed E-state index contributed by atoms with van der Waals surface area (Å²) in [6.45, 7) is 4.93. The van der Waals surface area contributed by atoms with Gasteiger partial charge in [-0.3, -0.25) is 4.90 Å². The zero-order valence-electron chi connectivity index (χ0n) is 9.16. The second-order valence-electron chi connectivity index (χ2n) is 4.85. The SMILES string of the molecule is CCC1CC[C@H]2CN(C)CC2N1C. The van der Waals surface area contributed by atoms with Crippen LogP contribution in [0.3, 0.4) is 0 Å². The summed E-state index contributed by atoms with van der Waals surface area (Å²) in [5.74, 6) is 0.956. The van der Waals surface area contributed by atoms with Gasteiger partial charge < -0.3 is 4.90 Å². The molecule has 2 heteroatoms. The normalized spacial score (nSPS) is 42.2. The van der Waals surface area contributed by atoms with Gasteiger partial charge in [0.25, 0.3) is 0 Å². The highest BCUT2D eigenvalue weighted by Crippen LogP contribution is 2.32. The fourth-order valence-corrected chi connectivity index (χ4v) is 3.18. The fraction of sp³-hybridized carbons (Fsp3) is 1.00. The van der Waals surface area contributed by atoms with Gasteiger partial charge in [-0.2, -0.15) is 0 Å². The second kappa shape index (κ2) is 3.58. The quantitative estimate of drug-likeness (QED) is 0.605. The first-order valence-electron chi connectivity index (χ1n) is 5.62. The minimum absolute atomic E-state index is 0.851. The molecule has 2 aliphatic heterocycles. The average molecular weight is 182 g/mol. The topological polar surface area (TPSA) is 6.48 Å². The van der Waals surface area contributed by atoms with Crippen molar-refractivity contribution in [3.8, 4) is 0 Å². The molecule has 0 N–H and O–H groups in total. The van der Waals surface area contributed by atoms with Crippen LogP contribution < -0.4 is 0 Å². The maximum atomic E-state index is 2.64. The summed E-state index contributed by atoms with van der Waals surface area (Å²) in [6, 6.07) is 1.71. The predicted molar refractivity (Wildman–Crippen MR) is 55.9 cm³/mol. The first-order valence-corrected chi connectivity index (χ1v) is 5.62. The molecule has 2 rings (SSSR count). The van der Waals surface area contributed by atoms with Gasteiger partial charge in [0.2, 0.25) is 0 Å². The molecule has 0 aliphatic carbocycles. The van der Waals surface area contributed by atoms with Gasteiger partial charge in [0.15, 0.2) is 0 Å². The molecule has 0 bridgehead atoms. The summed E-state index contributed by atoms with van der Waals surface area (Å²) in [4.78, 5) is 5.13. The first-order chi connectivity index (χ1) is 6.22. The molecule has 13 heavy (non-hydrogen) atoms. The Morgan fingerprint density at radius 2 is 1.92 bits per heavy atom. The lowest BCUT2D eigenvalue weighted by Gasteiger charge is -2.40. The Hall–Kier alpha value is -0.0800. The number of piperidine rings is 1. The maximum absolute atomic E-state index is 2.64. The van der Waals surface area contributed by atoms with E-state index in [1.54, 1.807) is 0 Å². The number of hydrogen-bond donors (Lipinski definition) is 0. The lowest BCUT2D eigenvalue weighted by molar-refractivity contribution is 0.0898. The summed E-state index contributed by atoms with van der Waals surface area (Å²) in [7, 11) is 4.58. The zero-order valence-corrected chi connectivity index (χ0v) is 9.16. The van der Waals surface area contributed by atoms with Gasteiger partial charge in [-0.25, -0.2) is 0 Å². The van der Waals surface area contributed by atoms with Gasteiger partial charge in [0, 0.05) is 25.2 Å². The molecular formula is C11H22N2. The van der Waals surface area contributed by atoms with E-state index in [-0.39, 0.29) is 0 Å². The fourth-order valence-electron chi connectivity index (χ4n) is 3.18. The van der Waals surface area contributed by atoms with Crippen LogP contribution in [-0.2, 0) is 0 Å². The molecule has 2 nitrogen and oxygen atoms in total. The summed E-state index contributed by atoms with van der Waals surface area (Å²) in [5.41, 5.74) is 0. The minimum Gasteiger partial charge on any atom is -0.304 e. The Bertz CT molecular complexity index is 181. The van der Waals surface area contributed by atoms with Crippen LogP contribution in [0.5, 0.6) is 0 Å². The molecule has 0 spiro atoms. The van der Waals surface area contributed by atoms with Crippen molar-refractivity contribution in [2.45, 2.75) is 38.3 Å². The molecule has 3 atom stereocenters. The molecule has 0 radical (unpaired) electrons. The zero-order chi connectivity index (χ0) is 9.42. The molecule has 76 valence electrons. The van der Waals surface area contributed by atoms with E-state index < -0.39 is 0 Å². The summed E-state index contributed by atoms with van der Waals surface area (Å²) >= 11 is 0. The highest BCUT2D eigenvalue weighted by Gasteiger charge is 2.39. The molecule has 2 unspecified atom stereocenters. The van der Waals surface area contributed by atoms with Crippen molar-refractivity contribution in [3.63, 3.8) is 0 Å². The predicted octanol–water partition coefficient (Wildman–Crippen LogP) is 1.42. The third kappa shape index (κ3) is 1.62. The number of hydrogen-bond acceptors (Lipinski definition) is 2. The standard InChI is InChI=1S/C11H22N2/c1-4-10-6-5-9-7-12(2)8-11(9)13(10)3/h9-11H,4-8H2,1-3H3/t9-,10?,11?/m0/s1. The van der Waals surface area contributed by atoms with Crippen LogP contribution in [-0.4, -0.2) is 49.1 Å². The third-order valence-corrected chi connectivity index (χ3v) is 4.03. The van der Waals surface area contributed by atoms with E-state index in [0.29, 0.717) is 0 Å². The van der Waals surface area contributed by atoms with Crippen LogP contribution in [0, 0.1) is 5.92 Å². The summed E-state index contributed by atoms with van der Waals surface area (Å²) in [6.07, 6.45) is 4.20. The van der Waals surface area contributed by atoms with E-state index in [1.807, 2.05) is 0 Å². The van der Waals surface area contributed by atoms with Crippen LogP contribution in [0.4, 0.5) is 0 Å². The molecule has 0 aromatic rings. The number of nitrogens with zero attached hydrogens (tertiary/aromatic N) is 2. The maximum Gasteiger partial charge on any atom is 0.0263 e. The van der Waals surface area contributed by atoms with E-state index in [2.05, 4.69) is 30.8 Å². The van der Waals surface area contributed by atoms with E-state index >= 15 is 0 Å². The molecule has 0 aromatic heterocycles. The van der Waals surface area contributed by atoms with Crippen LogP contribution in [0.15, 0.2) is 0 Å². The minimum atomic E-state index is 0.851. The van der Waals surface area contributed by atoms with Crippen molar-refractivity contribution in [1.29, 1.82) is 0 Å². The van der Waals surface area contributed by atoms with Crippen LogP contribution >= 0.6 is 0 Å². The molecule has 2 heterocycles. The van der Waals surface area contributed by atoms with Gasteiger partial charge in [0.05, 0.1) is 0 Å². The molecule has 2 aliphatic rings. The van der Waals surface area contributed by atoms with Crippen molar-refractivity contribution < 1.29 is 0 Å². The number of rotatable bonds is 1. The lowest BCUT2D eigenvalue weighted by atomic mass is 9.87. The van der Waals surface area contributed by atoms with E-state index in [1.165, 1.54) is 32.4 Å². The van der Waals surface area contributed by atoms with Crippen LogP contribution in [0.2, 0.25) is 0 Å². The van der Waals surface area contributed by atoms with Crippen molar-refractivity contribution in [2.24, 2.45) is 5.92 Å². The third-order valence-electron chi connectivity index (χ3n) is 4.03. The van der Waals surface area contributed by atoms with E-state index in [0.717, 1.165) is 18.0 Å². The number of likely N-dealkylation sites (N-methyl/N-ethyl adjacent to an activating group) is 2. The molecule has 0 aromatic carbocycles. The van der Waals surface area contributed by atoms with Crippen molar-refractivity contribution in [1.82, 2.24) is 9.80 Å². The van der Waals surface area contributed by atoms with Crippen molar-refractivity contribution in [3.05, 3.63) is 0 Å². The van der Waals surface area contributed by atoms with Gasteiger partial charge in [0.1, 0.15) is 0 Å². The van der Waals surface area contributed by atoms with Crippen molar-refractivity contribution in [2.75, 3.05) is 27.2 Å². The smallest absolute Gasteiger partial charge is 0.0263 e. The Morgan fingerprint density at radius 3 is 2.62 bits per heavy atom. The molecule has 2 saturated heterocycles. The molecule has 0 amide bonds. The monoisotopic (exact) mass is 182 g/mol.